The van der Waals surface area contributed by atoms with Crippen molar-refractivity contribution in [2.45, 2.75) is 37.3 Å². The van der Waals surface area contributed by atoms with E-state index in [0.717, 1.165) is 6.04 Å². The second-order valence-electron chi connectivity index (χ2n) is 6.92. The molecule has 1 aromatic heterocycles. The number of thiol groups is 1. The smallest absolute Gasteiger partial charge is 0.283 e. The number of fused-ring (bicyclic) bond motifs is 1. The summed E-state index contributed by atoms with van der Waals surface area (Å²) in [7, 11) is -1.23. The van der Waals surface area contributed by atoms with Gasteiger partial charge < -0.3 is 9.30 Å². The van der Waals surface area contributed by atoms with Crippen molar-refractivity contribution in [1.29, 1.82) is 5.26 Å². The average molecular weight is 377 g/mol. The molecular formula is C16H19N3O4SSi. The van der Waals surface area contributed by atoms with Crippen LogP contribution in [0.4, 0.5) is 5.69 Å². The van der Waals surface area contributed by atoms with Crippen molar-refractivity contribution in [1.82, 2.24) is 4.57 Å². The minimum absolute atomic E-state index is 0.0810. The zero-order valence-electron chi connectivity index (χ0n) is 14.3. The highest BCUT2D eigenvalue weighted by Gasteiger charge is 2.18. The molecule has 0 fully saturated rings. The SMILES string of the molecule is C[Si](C)(C)CCOCn1cc(C#N)c(=O)c2cc([N+](=O)[O-])c(S)cc21. The number of rotatable bonds is 6. The van der Waals surface area contributed by atoms with E-state index in [1.807, 2.05) is 6.07 Å². The van der Waals surface area contributed by atoms with Crippen molar-refractivity contribution in [3.8, 4) is 6.07 Å². The van der Waals surface area contributed by atoms with Gasteiger partial charge >= 0.3 is 0 Å². The quantitative estimate of drug-likeness (QED) is 0.274. The van der Waals surface area contributed by atoms with Gasteiger partial charge in [-0.15, -0.1) is 12.6 Å². The Morgan fingerprint density at radius 3 is 2.64 bits per heavy atom. The van der Waals surface area contributed by atoms with E-state index in [0.29, 0.717) is 12.1 Å². The van der Waals surface area contributed by atoms with E-state index in [1.165, 1.54) is 18.3 Å². The summed E-state index contributed by atoms with van der Waals surface area (Å²) < 4.78 is 7.30. The molecule has 2 aromatic rings. The largest absolute Gasteiger partial charge is 0.361 e. The fourth-order valence-electron chi connectivity index (χ4n) is 2.29. The van der Waals surface area contributed by atoms with Crippen LogP contribution >= 0.6 is 12.6 Å². The van der Waals surface area contributed by atoms with Gasteiger partial charge in [0.15, 0.2) is 0 Å². The van der Waals surface area contributed by atoms with Crippen molar-refractivity contribution in [3.63, 3.8) is 0 Å². The molecule has 25 heavy (non-hydrogen) atoms. The lowest BCUT2D eigenvalue weighted by Crippen LogP contribution is -2.22. The van der Waals surface area contributed by atoms with Gasteiger partial charge in [-0.05, 0) is 12.1 Å². The van der Waals surface area contributed by atoms with E-state index in [9.17, 15) is 14.9 Å². The standard InChI is InChI=1S/C16H19N3O4SSi/c1-25(2,3)5-4-23-10-18-9-11(8-17)16(20)12-6-14(19(21)22)15(24)7-13(12)18/h6-7,9,24H,4-5,10H2,1-3H3. The molecule has 0 bridgehead atoms. The summed E-state index contributed by atoms with van der Waals surface area (Å²) in [5, 5.41) is 20.4. The van der Waals surface area contributed by atoms with Gasteiger partial charge in [0.2, 0.25) is 5.43 Å². The van der Waals surface area contributed by atoms with Crippen LogP contribution in [0.25, 0.3) is 10.9 Å². The highest BCUT2D eigenvalue weighted by Crippen LogP contribution is 2.27. The lowest BCUT2D eigenvalue weighted by molar-refractivity contribution is -0.387. The maximum Gasteiger partial charge on any atom is 0.283 e. The minimum atomic E-state index is -1.23. The number of nitro groups is 1. The van der Waals surface area contributed by atoms with Crippen LogP contribution in [-0.4, -0.2) is 24.2 Å². The number of hydrogen-bond donors (Lipinski definition) is 1. The van der Waals surface area contributed by atoms with Crippen molar-refractivity contribution >= 4 is 37.3 Å². The lowest BCUT2D eigenvalue weighted by atomic mass is 10.1. The van der Waals surface area contributed by atoms with Gasteiger partial charge in [-0.2, -0.15) is 5.26 Å². The second-order valence-corrected chi connectivity index (χ2v) is 13.0. The van der Waals surface area contributed by atoms with E-state index in [4.69, 9.17) is 10.00 Å². The van der Waals surface area contributed by atoms with E-state index in [1.54, 1.807) is 4.57 Å². The Bertz CT molecular complexity index is 928. The van der Waals surface area contributed by atoms with Crippen molar-refractivity contribution < 1.29 is 9.66 Å². The van der Waals surface area contributed by atoms with Gasteiger partial charge in [-0.25, -0.2) is 0 Å². The molecule has 0 spiro atoms. The zero-order valence-corrected chi connectivity index (χ0v) is 16.2. The highest BCUT2D eigenvalue weighted by atomic mass is 32.1. The predicted octanol–water partition coefficient (Wildman–Crippen LogP) is 3.38. The summed E-state index contributed by atoms with van der Waals surface area (Å²) in [4.78, 5) is 23.0. The molecule has 0 aliphatic carbocycles. The van der Waals surface area contributed by atoms with Crippen LogP contribution in [0.3, 0.4) is 0 Å². The molecule has 9 heteroatoms. The van der Waals surface area contributed by atoms with Crippen LogP contribution in [0.5, 0.6) is 0 Å². The Balaban J connectivity index is 2.47. The monoisotopic (exact) mass is 377 g/mol. The molecule has 7 nitrogen and oxygen atoms in total. The summed E-state index contributed by atoms with van der Waals surface area (Å²) in [6, 6.07) is 5.45. The molecule has 0 amide bonds. The third-order valence-corrected chi connectivity index (χ3v) is 5.78. The van der Waals surface area contributed by atoms with Crippen LogP contribution in [0.15, 0.2) is 28.0 Å². The number of benzene rings is 1. The molecule has 0 saturated heterocycles. The molecule has 0 radical (unpaired) electrons. The van der Waals surface area contributed by atoms with Crippen LogP contribution < -0.4 is 5.43 Å². The Labute approximate surface area is 151 Å². The number of hydrogen-bond acceptors (Lipinski definition) is 6. The fraction of sp³-hybridized carbons (Fsp3) is 0.375. The fourth-order valence-corrected chi connectivity index (χ4v) is 3.31. The molecule has 1 aromatic carbocycles. The van der Waals surface area contributed by atoms with Gasteiger partial charge in [0, 0.05) is 26.9 Å². The first-order chi connectivity index (χ1) is 11.6. The first kappa shape index (κ1) is 19.2. The van der Waals surface area contributed by atoms with E-state index in [2.05, 4.69) is 32.3 Å². The first-order valence-corrected chi connectivity index (χ1v) is 11.8. The molecule has 0 aliphatic rings. The van der Waals surface area contributed by atoms with Crippen LogP contribution in [0.2, 0.25) is 25.7 Å². The molecule has 0 unspecified atom stereocenters. The number of nitro benzene ring substituents is 1. The lowest BCUT2D eigenvalue weighted by Gasteiger charge is -2.17. The van der Waals surface area contributed by atoms with Crippen LogP contribution in [0, 0.1) is 21.4 Å². The highest BCUT2D eigenvalue weighted by molar-refractivity contribution is 7.80. The zero-order chi connectivity index (χ0) is 18.8. The number of pyridine rings is 1. The molecular weight excluding hydrogens is 358 g/mol. The average Bonchev–Trinajstić information content (AvgIpc) is 2.51. The second kappa shape index (κ2) is 7.39. The van der Waals surface area contributed by atoms with Crippen LogP contribution in [-0.2, 0) is 11.5 Å². The summed E-state index contributed by atoms with van der Waals surface area (Å²) >= 11 is 4.13. The summed E-state index contributed by atoms with van der Waals surface area (Å²) in [5.41, 5.74) is -0.434. The van der Waals surface area contributed by atoms with Gasteiger partial charge in [-0.1, -0.05) is 19.6 Å². The minimum Gasteiger partial charge on any atom is -0.361 e. The van der Waals surface area contributed by atoms with Crippen LogP contribution in [0.1, 0.15) is 5.56 Å². The van der Waals surface area contributed by atoms with Gasteiger partial charge in [0.05, 0.1) is 20.7 Å². The van der Waals surface area contributed by atoms with Gasteiger partial charge in [0.25, 0.3) is 5.69 Å². The van der Waals surface area contributed by atoms with Crippen molar-refractivity contribution in [2.75, 3.05) is 6.61 Å². The number of nitrogens with zero attached hydrogens (tertiary/aromatic N) is 3. The Morgan fingerprint density at radius 1 is 1.40 bits per heavy atom. The molecule has 132 valence electrons. The maximum atomic E-state index is 12.3. The first-order valence-electron chi connectivity index (χ1n) is 7.66. The molecule has 1 heterocycles. The van der Waals surface area contributed by atoms with E-state index in [-0.39, 0.29) is 28.3 Å². The van der Waals surface area contributed by atoms with Crippen molar-refractivity contribution in [3.05, 3.63) is 44.2 Å². The number of nitriles is 1. The Morgan fingerprint density at radius 2 is 2.08 bits per heavy atom. The third-order valence-electron chi connectivity index (χ3n) is 3.72. The number of aromatic nitrogens is 1. The van der Waals surface area contributed by atoms with Gasteiger partial charge in [-0.3, -0.25) is 14.9 Å². The molecule has 0 aliphatic heterocycles. The van der Waals surface area contributed by atoms with Crippen molar-refractivity contribution in [2.24, 2.45) is 0 Å². The summed E-state index contributed by atoms with van der Waals surface area (Å²) in [6.07, 6.45) is 1.41. The van der Waals surface area contributed by atoms with E-state index < -0.39 is 18.4 Å². The Hall–Kier alpha value is -2.15. The molecule has 0 saturated carbocycles. The summed E-state index contributed by atoms with van der Waals surface area (Å²) in [5.74, 6) is 0. The predicted molar refractivity (Wildman–Crippen MR) is 101 cm³/mol. The van der Waals surface area contributed by atoms with Gasteiger partial charge in [0.1, 0.15) is 18.4 Å². The molecule has 0 atom stereocenters. The number of ether oxygens (including phenoxy) is 1. The third kappa shape index (κ3) is 4.48. The normalized spacial score (nSPS) is 11.5. The Kier molecular flexibility index (Phi) is 5.67. The molecule has 2 rings (SSSR count). The van der Waals surface area contributed by atoms with E-state index >= 15 is 0 Å². The topological polar surface area (TPSA) is 98.2 Å². The summed E-state index contributed by atoms with van der Waals surface area (Å²) in [6.45, 7) is 7.45. The molecule has 0 N–H and O–H groups in total. The maximum absolute atomic E-state index is 12.3.